The minimum atomic E-state index is -4.30. The van der Waals surface area contributed by atoms with Gasteiger partial charge < -0.3 is 9.08 Å². The normalized spacial score (nSPS) is 11.1. The van der Waals surface area contributed by atoms with E-state index in [-0.39, 0.29) is 28.8 Å². The molecule has 166 valence electrons. The molecule has 3 aromatic rings. The van der Waals surface area contributed by atoms with Gasteiger partial charge in [0.1, 0.15) is 16.5 Å². The molecule has 0 N–H and O–H groups in total. The summed E-state index contributed by atoms with van der Waals surface area (Å²) in [5.41, 5.74) is 0.556. The number of carbonyl (C=O) groups is 1. The van der Waals surface area contributed by atoms with Crippen LogP contribution in [0.1, 0.15) is 22.8 Å². The standard InChI is InChI=1S/C22H19FN2O6S/c1-2-24(15-16-5-3-6-18(23)13-16)22(26)17-9-11-20(12-10-17)31-32(29,30)21-8-4-7-19(14-21)25(27)28/h3-14H,2,15H2,1H3. The lowest BCUT2D eigenvalue weighted by atomic mass is 10.1. The molecule has 0 aliphatic rings. The van der Waals surface area contributed by atoms with Gasteiger partial charge in [0.15, 0.2) is 0 Å². The van der Waals surface area contributed by atoms with Crippen molar-refractivity contribution in [3.05, 3.63) is 99.9 Å². The van der Waals surface area contributed by atoms with Crippen LogP contribution in [0.4, 0.5) is 10.1 Å². The van der Waals surface area contributed by atoms with Gasteiger partial charge in [-0.2, -0.15) is 8.42 Å². The maximum Gasteiger partial charge on any atom is 0.339 e. The van der Waals surface area contributed by atoms with Gasteiger partial charge in [0.25, 0.3) is 11.6 Å². The predicted octanol–water partition coefficient (Wildman–Crippen LogP) is 4.16. The van der Waals surface area contributed by atoms with Crippen LogP contribution in [0.5, 0.6) is 5.75 Å². The summed E-state index contributed by atoms with van der Waals surface area (Å²) < 4.78 is 43.3. The van der Waals surface area contributed by atoms with Crippen molar-refractivity contribution in [1.82, 2.24) is 4.90 Å². The molecule has 0 aliphatic carbocycles. The molecule has 0 radical (unpaired) electrons. The summed E-state index contributed by atoms with van der Waals surface area (Å²) in [5, 5.41) is 10.9. The lowest BCUT2D eigenvalue weighted by Gasteiger charge is -2.21. The number of amides is 1. The Morgan fingerprint density at radius 2 is 1.75 bits per heavy atom. The van der Waals surface area contributed by atoms with Gasteiger partial charge in [-0.1, -0.05) is 18.2 Å². The fourth-order valence-electron chi connectivity index (χ4n) is 2.95. The summed E-state index contributed by atoms with van der Waals surface area (Å²) in [5.74, 6) is -0.761. The summed E-state index contributed by atoms with van der Waals surface area (Å²) in [6.07, 6.45) is 0. The highest BCUT2D eigenvalue weighted by molar-refractivity contribution is 7.87. The summed E-state index contributed by atoms with van der Waals surface area (Å²) in [7, 11) is -4.30. The Balaban J connectivity index is 1.74. The minimum absolute atomic E-state index is 0.0544. The molecular weight excluding hydrogens is 439 g/mol. The number of hydrogen-bond donors (Lipinski definition) is 0. The molecule has 0 bridgehead atoms. The Kier molecular flexibility index (Phi) is 6.84. The number of nitro groups is 1. The van der Waals surface area contributed by atoms with Gasteiger partial charge in [0.05, 0.1) is 4.92 Å². The maximum absolute atomic E-state index is 13.4. The van der Waals surface area contributed by atoms with Crippen LogP contribution in [-0.2, 0) is 16.7 Å². The van der Waals surface area contributed by atoms with Crippen molar-refractivity contribution < 1.29 is 26.7 Å². The Hall–Kier alpha value is -3.79. The molecule has 1 amide bonds. The molecule has 0 heterocycles. The van der Waals surface area contributed by atoms with Crippen molar-refractivity contribution >= 4 is 21.7 Å². The van der Waals surface area contributed by atoms with E-state index in [1.54, 1.807) is 19.1 Å². The first-order valence-corrected chi connectivity index (χ1v) is 10.9. The van der Waals surface area contributed by atoms with E-state index in [0.29, 0.717) is 17.7 Å². The number of hydrogen-bond acceptors (Lipinski definition) is 6. The van der Waals surface area contributed by atoms with Crippen molar-refractivity contribution in [2.45, 2.75) is 18.4 Å². The second kappa shape index (κ2) is 9.56. The van der Waals surface area contributed by atoms with Gasteiger partial charge in [-0.3, -0.25) is 14.9 Å². The first-order valence-electron chi connectivity index (χ1n) is 9.52. The van der Waals surface area contributed by atoms with Crippen LogP contribution in [0.3, 0.4) is 0 Å². The monoisotopic (exact) mass is 458 g/mol. The first-order chi connectivity index (χ1) is 15.2. The van der Waals surface area contributed by atoms with E-state index in [9.17, 15) is 27.7 Å². The van der Waals surface area contributed by atoms with Crippen molar-refractivity contribution in [3.63, 3.8) is 0 Å². The Labute approximate surface area is 184 Å². The Morgan fingerprint density at radius 3 is 2.38 bits per heavy atom. The molecule has 0 unspecified atom stereocenters. The summed E-state index contributed by atoms with van der Waals surface area (Å²) in [4.78, 5) is 24.1. The number of rotatable bonds is 8. The highest BCUT2D eigenvalue weighted by Gasteiger charge is 2.21. The smallest absolute Gasteiger partial charge is 0.339 e. The summed E-state index contributed by atoms with van der Waals surface area (Å²) in [6.45, 7) is 2.39. The quantitative estimate of drug-likeness (QED) is 0.285. The number of carbonyl (C=O) groups excluding carboxylic acids is 1. The lowest BCUT2D eigenvalue weighted by Crippen LogP contribution is -2.30. The van der Waals surface area contributed by atoms with Gasteiger partial charge in [-0.15, -0.1) is 0 Å². The molecular formula is C22H19FN2O6S. The van der Waals surface area contributed by atoms with Crippen molar-refractivity contribution in [3.8, 4) is 5.75 Å². The van der Waals surface area contributed by atoms with E-state index in [1.807, 2.05) is 0 Å². The summed E-state index contributed by atoms with van der Waals surface area (Å²) >= 11 is 0. The van der Waals surface area contributed by atoms with Crippen LogP contribution >= 0.6 is 0 Å². The average Bonchev–Trinajstić information content (AvgIpc) is 2.77. The van der Waals surface area contributed by atoms with E-state index >= 15 is 0 Å². The third-order valence-electron chi connectivity index (χ3n) is 4.56. The van der Waals surface area contributed by atoms with Gasteiger partial charge in [-0.25, -0.2) is 4.39 Å². The third-order valence-corrected chi connectivity index (χ3v) is 5.80. The van der Waals surface area contributed by atoms with E-state index in [4.69, 9.17) is 4.18 Å². The molecule has 32 heavy (non-hydrogen) atoms. The molecule has 0 saturated carbocycles. The molecule has 0 aliphatic heterocycles. The molecule has 0 aromatic heterocycles. The topological polar surface area (TPSA) is 107 Å². The van der Waals surface area contributed by atoms with Gasteiger partial charge in [-0.05, 0) is 55.0 Å². The molecule has 3 rings (SSSR count). The zero-order valence-electron chi connectivity index (χ0n) is 17.0. The van der Waals surface area contributed by atoms with E-state index in [0.717, 1.165) is 6.07 Å². The van der Waals surface area contributed by atoms with Crippen molar-refractivity contribution in [2.75, 3.05) is 6.54 Å². The molecule has 0 spiro atoms. The largest absolute Gasteiger partial charge is 0.379 e. The fraction of sp³-hybridized carbons (Fsp3) is 0.136. The van der Waals surface area contributed by atoms with Crippen LogP contribution in [0.25, 0.3) is 0 Å². The molecule has 0 atom stereocenters. The predicted molar refractivity (Wildman–Crippen MR) is 114 cm³/mol. The molecule has 8 nitrogen and oxygen atoms in total. The average molecular weight is 458 g/mol. The van der Waals surface area contributed by atoms with Crippen molar-refractivity contribution in [2.24, 2.45) is 0 Å². The van der Waals surface area contributed by atoms with Crippen LogP contribution in [-0.4, -0.2) is 30.7 Å². The second-order valence-corrected chi connectivity index (χ2v) is 8.31. The highest BCUT2D eigenvalue weighted by Crippen LogP contribution is 2.23. The number of halogens is 1. The van der Waals surface area contributed by atoms with Crippen LogP contribution in [0.2, 0.25) is 0 Å². The van der Waals surface area contributed by atoms with Crippen LogP contribution in [0.15, 0.2) is 77.7 Å². The minimum Gasteiger partial charge on any atom is -0.379 e. The summed E-state index contributed by atoms with van der Waals surface area (Å²) in [6, 6.07) is 15.9. The second-order valence-electron chi connectivity index (χ2n) is 6.77. The van der Waals surface area contributed by atoms with Gasteiger partial charge in [0.2, 0.25) is 0 Å². The number of benzene rings is 3. The number of nitrogens with zero attached hydrogens (tertiary/aromatic N) is 2. The van der Waals surface area contributed by atoms with Crippen molar-refractivity contribution in [1.29, 1.82) is 0 Å². The van der Waals surface area contributed by atoms with E-state index in [1.165, 1.54) is 59.5 Å². The number of non-ortho nitro benzene ring substituents is 1. The van der Waals surface area contributed by atoms with Gasteiger partial charge >= 0.3 is 10.1 Å². The van der Waals surface area contributed by atoms with E-state index < -0.39 is 20.9 Å². The van der Waals surface area contributed by atoms with E-state index in [2.05, 4.69) is 0 Å². The SMILES string of the molecule is CCN(Cc1cccc(F)c1)C(=O)c1ccc(OS(=O)(=O)c2cccc([N+](=O)[O-])c2)cc1. The molecule has 10 heteroatoms. The van der Waals surface area contributed by atoms with Gasteiger partial charge in [0, 0.05) is 30.8 Å². The zero-order chi connectivity index (χ0) is 23.3. The molecule has 3 aromatic carbocycles. The highest BCUT2D eigenvalue weighted by atomic mass is 32.2. The zero-order valence-corrected chi connectivity index (χ0v) is 17.8. The Bertz CT molecular complexity index is 1250. The van der Waals surface area contributed by atoms with Crippen LogP contribution in [0, 0.1) is 15.9 Å². The molecule has 0 fully saturated rings. The Morgan fingerprint density at radius 1 is 1.06 bits per heavy atom. The maximum atomic E-state index is 13.4. The van der Waals surface area contributed by atoms with Crippen LogP contribution < -0.4 is 4.18 Å². The fourth-order valence-corrected chi connectivity index (χ4v) is 3.92. The molecule has 0 saturated heterocycles. The number of nitro benzene ring substituents is 1. The lowest BCUT2D eigenvalue weighted by molar-refractivity contribution is -0.385. The first kappa shape index (κ1) is 22.9. The third kappa shape index (κ3) is 5.46.